The minimum absolute atomic E-state index is 0.0441. The molecule has 0 amide bonds. The van der Waals surface area contributed by atoms with E-state index in [0.29, 0.717) is 5.92 Å². The van der Waals surface area contributed by atoms with Crippen LogP contribution in [0.25, 0.3) is 0 Å². The van der Waals surface area contributed by atoms with Crippen LogP contribution in [-0.4, -0.2) is 0 Å². The van der Waals surface area contributed by atoms with Gasteiger partial charge in [-0.15, -0.1) is 0 Å². The second kappa shape index (κ2) is 1.98. The molecular formula is C10H10. The van der Waals surface area contributed by atoms with Gasteiger partial charge < -0.3 is 0 Å². The topological polar surface area (TPSA) is 0 Å². The molecule has 1 aliphatic carbocycles. The summed E-state index contributed by atoms with van der Waals surface area (Å²) in [4.78, 5) is 0. The normalized spacial score (nSPS) is 31.6. The van der Waals surface area contributed by atoms with Crippen molar-refractivity contribution in [3.05, 3.63) is 48.0 Å². The maximum Gasteiger partial charge on any atom is 0.0322 e. The molecule has 0 aliphatic heterocycles. The predicted octanol–water partition coefficient (Wildman–Crippen LogP) is 2.73. The quantitative estimate of drug-likeness (QED) is 0.514. The molecule has 1 saturated carbocycles. The molecule has 0 radical (unpaired) electrons. The molecule has 0 heterocycles. The van der Waals surface area contributed by atoms with Crippen LogP contribution in [0.15, 0.2) is 42.5 Å². The third-order valence-electron chi connectivity index (χ3n) is 1.83. The fraction of sp³-hybridized carbons (Fsp3) is 0.200. The number of hydrogen-bond acceptors (Lipinski definition) is 0. The van der Waals surface area contributed by atoms with Crippen LogP contribution < -0.4 is 0 Å². The minimum atomic E-state index is -0.0441. The summed E-state index contributed by atoms with van der Waals surface area (Å²) < 4.78 is 7.50. The van der Waals surface area contributed by atoms with Crippen LogP contribution in [0.2, 0.25) is 0 Å². The van der Waals surface area contributed by atoms with E-state index in [1.165, 1.54) is 5.56 Å². The Morgan fingerprint density at radius 1 is 1.40 bits per heavy atom. The van der Waals surface area contributed by atoms with E-state index in [0.717, 1.165) is 5.57 Å². The summed E-state index contributed by atoms with van der Waals surface area (Å²) in [5, 5.41) is 0. The number of benzene rings is 1. The lowest BCUT2D eigenvalue weighted by Gasteiger charge is -1.92. The van der Waals surface area contributed by atoms with Crippen molar-refractivity contribution in [2.24, 2.45) is 0 Å². The van der Waals surface area contributed by atoms with Crippen molar-refractivity contribution >= 4 is 0 Å². The average Bonchev–Trinajstić information content (AvgIpc) is 2.62. The molecule has 0 aromatic heterocycles. The van der Waals surface area contributed by atoms with Gasteiger partial charge in [-0.05, 0) is 12.0 Å². The van der Waals surface area contributed by atoms with Gasteiger partial charge in [0.05, 0.1) is 0 Å². The first-order valence-corrected chi connectivity index (χ1v) is 3.46. The zero-order valence-corrected chi connectivity index (χ0v) is 5.75. The van der Waals surface area contributed by atoms with Gasteiger partial charge in [0.25, 0.3) is 0 Å². The highest BCUT2D eigenvalue weighted by atomic mass is 14.3. The summed E-state index contributed by atoms with van der Waals surface area (Å²) in [7, 11) is 0. The van der Waals surface area contributed by atoms with E-state index in [9.17, 15) is 0 Å². The fourth-order valence-corrected chi connectivity index (χ4v) is 1.14. The van der Waals surface area contributed by atoms with Gasteiger partial charge in [0.1, 0.15) is 0 Å². The molecule has 0 nitrogen and oxygen atoms in total. The summed E-state index contributed by atoms with van der Waals surface area (Å²) in [6, 6.07) is 10.1. The maximum absolute atomic E-state index is 7.50. The Balaban J connectivity index is 2.27. The van der Waals surface area contributed by atoms with Crippen molar-refractivity contribution in [2.45, 2.75) is 12.3 Å². The highest BCUT2D eigenvalue weighted by Crippen LogP contribution is 2.44. The summed E-state index contributed by atoms with van der Waals surface area (Å²) >= 11 is 0. The summed E-state index contributed by atoms with van der Waals surface area (Å²) in [5.74, 6) is 0.316. The molecule has 2 atom stereocenters. The van der Waals surface area contributed by atoms with Gasteiger partial charge in [-0.3, -0.25) is 0 Å². The van der Waals surface area contributed by atoms with Crippen LogP contribution in [0.4, 0.5) is 0 Å². The molecule has 0 unspecified atom stereocenters. The Kier molecular flexibility index (Phi) is 0.935. The molecule has 1 fully saturated rings. The standard InChI is InChI=1S/C10H10/c1-8-7-10(8)9-5-3-2-4-6-9/h2-6,10H,1,7H2/t10-/m1/s1/i7D/t7-,10-. The van der Waals surface area contributed by atoms with E-state index >= 15 is 0 Å². The van der Waals surface area contributed by atoms with Crippen molar-refractivity contribution in [3.8, 4) is 0 Å². The van der Waals surface area contributed by atoms with Gasteiger partial charge >= 0.3 is 0 Å². The number of rotatable bonds is 1. The van der Waals surface area contributed by atoms with Crippen LogP contribution in [0, 0.1) is 0 Å². The highest BCUT2D eigenvalue weighted by molar-refractivity contribution is 5.38. The van der Waals surface area contributed by atoms with Crippen molar-refractivity contribution in [2.75, 3.05) is 0 Å². The van der Waals surface area contributed by atoms with E-state index in [4.69, 9.17) is 1.37 Å². The fourth-order valence-electron chi connectivity index (χ4n) is 1.14. The van der Waals surface area contributed by atoms with Gasteiger partial charge in [-0.25, -0.2) is 0 Å². The summed E-state index contributed by atoms with van der Waals surface area (Å²) in [6.07, 6.45) is -0.0441. The van der Waals surface area contributed by atoms with Crippen LogP contribution in [0.3, 0.4) is 0 Å². The van der Waals surface area contributed by atoms with E-state index in [1.807, 2.05) is 18.2 Å². The number of hydrogen-bond donors (Lipinski definition) is 0. The van der Waals surface area contributed by atoms with Crippen molar-refractivity contribution in [3.63, 3.8) is 0 Å². The molecule has 0 N–H and O–H groups in total. The molecule has 0 spiro atoms. The lowest BCUT2D eigenvalue weighted by molar-refractivity contribution is 1.16. The molecule has 10 heavy (non-hydrogen) atoms. The van der Waals surface area contributed by atoms with E-state index in [-0.39, 0.29) is 6.40 Å². The van der Waals surface area contributed by atoms with Crippen LogP contribution in [0.1, 0.15) is 19.2 Å². The Morgan fingerprint density at radius 3 is 2.50 bits per heavy atom. The monoisotopic (exact) mass is 131 g/mol. The molecule has 50 valence electrons. The molecule has 2 rings (SSSR count). The third-order valence-corrected chi connectivity index (χ3v) is 1.83. The molecule has 0 bridgehead atoms. The van der Waals surface area contributed by atoms with Crippen LogP contribution in [-0.2, 0) is 0 Å². The van der Waals surface area contributed by atoms with Gasteiger partial charge in [-0.2, -0.15) is 0 Å². The van der Waals surface area contributed by atoms with Gasteiger partial charge in [0.2, 0.25) is 0 Å². The Bertz CT molecular complexity index is 276. The average molecular weight is 131 g/mol. The van der Waals surface area contributed by atoms with Gasteiger partial charge in [0, 0.05) is 7.29 Å². The zero-order chi connectivity index (χ0) is 7.84. The lowest BCUT2D eigenvalue weighted by atomic mass is 10.1. The molecule has 1 aliphatic rings. The first-order valence-electron chi connectivity index (χ1n) is 4.04. The van der Waals surface area contributed by atoms with Crippen LogP contribution >= 0.6 is 0 Å². The van der Waals surface area contributed by atoms with Crippen LogP contribution in [0.5, 0.6) is 0 Å². The van der Waals surface area contributed by atoms with E-state index in [1.54, 1.807) is 0 Å². The minimum Gasteiger partial charge on any atom is -0.0992 e. The third kappa shape index (κ3) is 0.860. The van der Waals surface area contributed by atoms with Crippen molar-refractivity contribution in [1.82, 2.24) is 0 Å². The first-order chi connectivity index (χ1) is 5.30. The zero-order valence-electron chi connectivity index (χ0n) is 6.75. The largest absolute Gasteiger partial charge is 0.0992 e. The molecule has 0 heteroatoms. The van der Waals surface area contributed by atoms with Gasteiger partial charge in [0.15, 0.2) is 0 Å². The van der Waals surface area contributed by atoms with E-state index < -0.39 is 0 Å². The molecule has 0 saturated heterocycles. The first kappa shape index (κ1) is 4.73. The van der Waals surface area contributed by atoms with Crippen molar-refractivity contribution < 1.29 is 1.37 Å². The smallest absolute Gasteiger partial charge is 0.0322 e. The van der Waals surface area contributed by atoms with E-state index in [2.05, 4.69) is 18.7 Å². The molecular weight excluding hydrogens is 120 g/mol. The summed E-state index contributed by atoms with van der Waals surface area (Å²) in [6.45, 7) is 3.82. The summed E-state index contributed by atoms with van der Waals surface area (Å²) in [5.41, 5.74) is 2.29. The second-order valence-corrected chi connectivity index (χ2v) is 2.63. The lowest BCUT2D eigenvalue weighted by Crippen LogP contribution is -1.74. The number of allylic oxidation sites excluding steroid dienone is 1. The molecule has 1 aromatic carbocycles. The Labute approximate surface area is 62.6 Å². The SMILES string of the molecule is [2H][C@@H]1C(=C)[C@@H]1c1ccccc1. The maximum atomic E-state index is 7.50. The molecule has 1 aromatic rings. The second-order valence-electron chi connectivity index (χ2n) is 2.63. The Hall–Kier alpha value is -1.04. The van der Waals surface area contributed by atoms with Gasteiger partial charge in [-0.1, -0.05) is 42.5 Å². The van der Waals surface area contributed by atoms with Crippen molar-refractivity contribution in [1.29, 1.82) is 0 Å². The Morgan fingerprint density at radius 2 is 2.00 bits per heavy atom. The highest BCUT2D eigenvalue weighted by Gasteiger charge is 2.28. The predicted molar refractivity (Wildman–Crippen MR) is 42.9 cm³/mol.